The Bertz CT molecular complexity index is 996. The van der Waals surface area contributed by atoms with Crippen LogP contribution in [0.1, 0.15) is 29.5 Å². The monoisotopic (exact) mass is 397 g/mol. The molecule has 2 aromatic carbocycles. The van der Waals surface area contributed by atoms with Crippen molar-refractivity contribution >= 4 is 23.7 Å². The Labute approximate surface area is 167 Å². The van der Waals surface area contributed by atoms with Gasteiger partial charge in [-0.1, -0.05) is 12.1 Å². The average molecular weight is 397 g/mol. The molecule has 29 heavy (non-hydrogen) atoms. The number of hydrogen-bond acceptors (Lipinski definition) is 3. The molecule has 2 aromatic rings. The lowest BCUT2D eigenvalue weighted by Gasteiger charge is -2.19. The van der Waals surface area contributed by atoms with E-state index in [-0.39, 0.29) is 23.9 Å². The first-order chi connectivity index (χ1) is 13.9. The van der Waals surface area contributed by atoms with Crippen molar-refractivity contribution in [2.75, 3.05) is 18.0 Å². The predicted octanol–water partition coefficient (Wildman–Crippen LogP) is 3.97. The molecular weight excluding hydrogens is 376 g/mol. The van der Waals surface area contributed by atoms with Gasteiger partial charge in [-0.3, -0.25) is 9.69 Å². The molecule has 5 nitrogen and oxygen atoms in total. The van der Waals surface area contributed by atoms with Gasteiger partial charge in [0.2, 0.25) is 0 Å². The smallest absolute Gasteiger partial charge is 0.329 e. The van der Waals surface area contributed by atoms with Crippen LogP contribution in [-0.4, -0.2) is 29.9 Å². The van der Waals surface area contributed by atoms with Gasteiger partial charge in [-0.2, -0.15) is 0 Å². The van der Waals surface area contributed by atoms with Crippen molar-refractivity contribution in [3.8, 4) is 0 Å². The van der Waals surface area contributed by atoms with Crippen LogP contribution in [0.15, 0.2) is 42.1 Å². The van der Waals surface area contributed by atoms with Gasteiger partial charge in [-0.15, -0.1) is 0 Å². The van der Waals surface area contributed by atoms with Crippen molar-refractivity contribution in [3.05, 3.63) is 70.4 Å². The lowest BCUT2D eigenvalue weighted by atomic mass is 10.1. The Morgan fingerprint density at radius 3 is 2.45 bits per heavy atom. The number of nitrogens with one attached hydrogen (secondary N) is 1. The van der Waals surface area contributed by atoms with Crippen LogP contribution in [0.2, 0.25) is 0 Å². The maximum atomic E-state index is 14.6. The minimum Gasteiger partial charge on any atom is -0.369 e. The summed E-state index contributed by atoms with van der Waals surface area (Å²) in [4.78, 5) is 28.0. The number of carbonyl (C=O) groups excluding carboxylic acids is 2. The summed E-state index contributed by atoms with van der Waals surface area (Å²) in [5, 5.41) is 2.54. The molecule has 2 aliphatic rings. The molecule has 3 amide bonds. The number of hydrogen-bond donors (Lipinski definition) is 1. The molecular formula is C22H21F2N3O2. The third-order valence-corrected chi connectivity index (χ3v) is 5.30. The van der Waals surface area contributed by atoms with Crippen molar-refractivity contribution in [3.63, 3.8) is 0 Å². The third kappa shape index (κ3) is 3.85. The number of anilines is 1. The van der Waals surface area contributed by atoms with Gasteiger partial charge < -0.3 is 10.2 Å². The normalized spacial score (nSPS) is 18.1. The zero-order valence-corrected chi connectivity index (χ0v) is 16.0. The molecule has 2 fully saturated rings. The second-order valence-electron chi connectivity index (χ2n) is 7.36. The summed E-state index contributed by atoms with van der Waals surface area (Å²) in [6.45, 7) is 3.56. The number of rotatable bonds is 4. The first kappa shape index (κ1) is 19.1. The Kier molecular flexibility index (Phi) is 5.05. The minimum absolute atomic E-state index is 0.0313. The molecule has 0 spiro atoms. The molecule has 7 heteroatoms. The second-order valence-corrected chi connectivity index (χ2v) is 7.36. The number of amides is 3. The van der Waals surface area contributed by atoms with Gasteiger partial charge in [-0.05, 0) is 66.8 Å². The number of benzene rings is 2. The van der Waals surface area contributed by atoms with E-state index in [0.29, 0.717) is 16.8 Å². The van der Waals surface area contributed by atoms with Crippen LogP contribution in [0.5, 0.6) is 0 Å². The SMILES string of the molecule is Cc1cc(N2CCCC2)c(F)cc1/C=C1\NC(=O)N(Cc2ccc(F)cc2)C1=O. The molecule has 4 rings (SSSR count). The number of imide groups is 1. The number of halogens is 2. The van der Waals surface area contributed by atoms with E-state index in [2.05, 4.69) is 5.32 Å². The van der Waals surface area contributed by atoms with Gasteiger partial charge in [0.25, 0.3) is 5.91 Å². The van der Waals surface area contributed by atoms with Gasteiger partial charge in [0, 0.05) is 13.1 Å². The molecule has 1 N–H and O–H groups in total. The average Bonchev–Trinajstić information content (AvgIpc) is 3.31. The Morgan fingerprint density at radius 1 is 1.07 bits per heavy atom. The van der Waals surface area contributed by atoms with Gasteiger partial charge in [0.05, 0.1) is 12.2 Å². The van der Waals surface area contributed by atoms with Crippen LogP contribution in [0.3, 0.4) is 0 Å². The molecule has 2 aliphatic heterocycles. The van der Waals surface area contributed by atoms with E-state index in [1.54, 1.807) is 6.07 Å². The highest BCUT2D eigenvalue weighted by Gasteiger charge is 2.33. The predicted molar refractivity (Wildman–Crippen MR) is 106 cm³/mol. The van der Waals surface area contributed by atoms with Crippen molar-refractivity contribution in [1.29, 1.82) is 0 Å². The molecule has 0 bridgehead atoms. The molecule has 0 saturated carbocycles. The van der Waals surface area contributed by atoms with E-state index in [0.717, 1.165) is 36.4 Å². The quantitative estimate of drug-likeness (QED) is 0.628. The molecule has 2 saturated heterocycles. The minimum atomic E-state index is -0.558. The molecule has 0 radical (unpaired) electrons. The molecule has 0 unspecified atom stereocenters. The van der Waals surface area contributed by atoms with E-state index in [9.17, 15) is 18.4 Å². The molecule has 0 aromatic heterocycles. The van der Waals surface area contributed by atoms with Crippen LogP contribution in [0.25, 0.3) is 6.08 Å². The first-order valence-corrected chi connectivity index (χ1v) is 9.56. The third-order valence-electron chi connectivity index (χ3n) is 5.30. The topological polar surface area (TPSA) is 52.7 Å². The van der Waals surface area contributed by atoms with Crippen LogP contribution in [0, 0.1) is 18.6 Å². The fraction of sp³-hybridized carbons (Fsp3) is 0.273. The summed E-state index contributed by atoms with van der Waals surface area (Å²) in [5.41, 5.74) is 2.65. The van der Waals surface area contributed by atoms with Crippen LogP contribution in [-0.2, 0) is 11.3 Å². The van der Waals surface area contributed by atoms with Crippen LogP contribution in [0.4, 0.5) is 19.3 Å². The Balaban J connectivity index is 1.56. The standard InChI is InChI=1S/C22H21F2N3O2/c1-14-10-20(26-8-2-3-9-26)18(24)11-16(14)12-19-21(28)27(22(29)25-19)13-15-4-6-17(23)7-5-15/h4-7,10-12H,2-3,8-9,13H2,1H3,(H,25,29)/b19-12-. The van der Waals surface area contributed by atoms with E-state index in [1.165, 1.54) is 36.4 Å². The van der Waals surface area contributed by atoms with Gasteiger partial charge in [-0.25, -0.2) is 13.6 Å². The summed E-state index contributed by atoms with van der Waals surface area (Å²) in [7, 11) is 0. The summed E-state index contributed by atoms with van der Waals surface area (Å²) in [5.74, 6) is -1.23. The van der Waals surface area contributed by atoms with E-state index in [1.807, 2.05) is 11.8 Å². The van der Waals surface area contributed by atoms with Crippen LogP contribution < -0.4 is 10.2 Å². The lowest BCUT2D eigenvalue weighted by Crippen LogP contribution is -2.30. The zero-order chi connectivity index (χ0) is 20.5. The summed E-state index contributed by atoms with van der Waals surface area (Å²) in [6.07, 6.45) is 3.60. The molecule has 0 atom stereocenters. The summed E-state index contributed by atoms with van der Waals surface area (Å²) < 4.78 is 27.7. The highest BCUT2D eigenvalue weighted by molar-refractivity contribution is 6.14. The molecule has 150 valence electrons. The maximum Gasteiger partial charge on any atom is 0.329 e. The Morgan fingerprint density at radius 2 is 1.76 bits per heavy atom. The highest BCUT2D eigenvalue weighted by atomic mass is 19.1. The van der Waals surface area contributed by atoms with Crippen molar-refractivity contribution in [1.82, 2.24) is 10.2 Å². The van der Waals surface area contributed by atoms with Crippen LogP contribution >= 0.6 is 0 Å². The second kappa shape index (κ2) is 7.66. The Hall–Kier alpha value is -3.22. The van der Waals surface area contributed by atoms with E-state index >= 15 is 0 Å². The summed E-state index contributed by atoms with van der Waals surface area (Å²) in [6, 6.07) is 8.22. The van der Waals surface area contributed by atoms with Gasteiger partial charge in [0.15, 0.2) is 0 Å². The summed E-state index contributed by atoms with van der Waals surface area (Å²) >= 11 is 0. The van der Waals surface area contributed by atoms with Gasteiger partial charge in [0.1, 0.15) is 17.3 Å². The van der Waals surface area contributed by atoms with Crippen molar-refractivity contribution in [2.45, 2.75) is 26.3 Å². The fourth-order valence-corrected chi connectivity index (χ4v) is 3.68. The maximum absolute atomic E-state index is 14.6. The van der Waals surface area contributed by atoms with Crippen molar-refractivity contribution in [2.24, 2.45) is 0 Å². The fourth-order valence-electron chi connectivity index (χ4n) is 3.68. The number of urea groups is 1. The zero-order valence-electron chi connectivity index (χ0n) is 16.0. The van der Waals surface area contributed by atoms with Gasteiger partial charge >= 0.3 is 6.03 Å². The van der Waals surface area contributed by atoms with E-state index in [4.69, 9.17) is 0 Å². The molecule has 2 heterocycles. The first-order valence-electron chi connectivity index (χ1n) is 9.56. The number of aryl methyl sites for hydroxylation is 1. The number of carbonyl (C=O) groups is 2. The van der Waals surface area contributed by atoms with Crippen molar-refractivity contribution < 1.29 is 18.4 Å². The highest BCUT2D eigenvalue weighted by Crippen LogP contribution is 2.28. The van der Waals surface area contributed by atoms with E-state index < -0.39 is 11.9 Å². The molecule has 0 aliphatic carbocycles. The lowest BCUT2D eigenvalue weighted by molar-refractivity contribution is -0.123. The largest absolute Gasteiger partial charge is 0.369 e. The number of nitrogens with zero attached hydrogens (tertiary/aromatic N) is 2.